The number of hydrogen-bond acceptors (Lipinski definition) is 2. The fourth-order valence-corrected chi connectivity index (χ4v) is 5.43. The zero-order valence-corrected chi connectivity index (χ0v) is 17.7. The van der Waals surface area contributed by atoms with Gasteiger partial charge in [0.1, 0.15) is 0 Å². The monoisotopic (exact) mass is 396 g/mol. The summed E-state index contributed by atoms with van der Waals surface area (Å²) in [7, 11) is 0. The van der Waals surface area contributed by atoms with E-state index in [0.717, 1.165) is 19.6 Å². The molecule has 1 aliphatic heterocycles. The van der Waals surface area contributed by atoms with Crippen molar-refractivity contribution >= 4 is 0 Å². The first kappa shape index (κ1) is 19.5. The van der Waals surface area contributed by atoms with E-state index in [2.05, 4.69) is 95.1 Å². The van der Waals surface area contributed by atoms with E-state index in [0.29, 0.717) is 18.0 Å². The summed E-state index contributed by atoms with van der Waals surface area (Å²) in [4.78, 5) is 2.64. The smallest absolute Gasteiger partial charge is 0.0325 e. The van der Waals surface area contributed by atoms with Crippen LogP contribution in [0.5, 0.6) is 0 Å². The minimum absolute atomic E-state index is 0.492. The van der Waals surface area contributed by atoms with E-state index in [1.54, 1.807) is 5.56 Å². The van der Waals surface area contributed by atoms with Crippen LogP contribution in [0, 0.1) is 0 Å². The normalized spacial score (nSPS) is 24.3. The van der Waals surface area contributed by atoms with Crippen LogP contribution in [0.25, 0.3) is 0 Å². The Hall–Kier alpha value is -2.42. The summed E-state index contributed by atoms with van der Waals surface area (Å²) in [5, 5.41) is 4.12. The number of hydrogen-bond donors (Lipinski definition) is 1. The zero-order valence-electron chi connectivity index (χ0n) is 17.7. The van der Waals surface area contributed by atoms with Crippen molar-refractivity contribution < 1.29 is 0 Å². The highest BCUT2D eigenvalue weighted by atomic mass is 15.2. The van der Waals surface area contributed by atoms with Gasteiger partial charge in [-0.2, -0.15) is 0 Å². The molecule has 0 amide bonds. The van der Waals surface area contributed by atoms with Crippen molar-refractivity contribution in [2.45, 2.75) is 50.2 Å². The van der Waals surface area contributed by atoms with Crippen LogP contribution in [-0.2, 0) is 13.0 Å². The highest BCUT2D eigenvalue weighted by molar-refractivity contribution is 5.33. The van der Waals surface area contributed by atoms with E-state index in [9.17, 15) is 0 Å². The lowest BCUT2D eigenvalue weighted by Crippen LogP contribution is -2.49. The Morgan fingerprint density at radius 2 is 1.53 bits per heavy atom. The quantitative estimate of drug-likeness (QED) is 0.594. The summed E-state index contributed by atoms with van der Waals surface area (Å²) < 4.78 is 0. The second-order valence-electron chi connectivity index (χ2n) is 8.94. The van der Waals surface area contributed by atoms with Gasteiger partial charge < -0.3 is 5.32 Å². The molecule has 1 fully saturated rings. The molecule has 0 radical (unpaired) electrons. The highest BCUT2D eigenvalue weighted by Gasteiger charge is 2.33. The van der Waals surface area contributed by atoms with Gasteiger partial charge in [0.2, 0.25) is 0 Å². The van der Waals surface area contributed by atoms with Crippen LogP contribution in [0.3, 0.4) is 0 Å². The van der Waals surface area contributed by atoms with Gasteiger partial charge in [-0.05, 0) is 47.9 Å². The van der Waals surface area contributed by atoms with E-state index in [1.165, 1.54) is 42.4 Å². The predicted octanol–water partition coefficient (Wildman–Crippen LogP) is 5.71. The first-order valence-corrected chi connectivity index (χ1v) is 11.5. The van der Waals surface area contributed by atoms with Gasteiger partial charge in [-0.1, -0.05) is 84.9 Å². The third-order valence-corrected chi connectivity index (χ3v) is 6.96. The fourth-order valence-electron chi connectivity index (χ4n) is 5.43. The maximum atomic E-state index is 4.12. The molecule has 3 aromatic rings. The van der Waals surface area contributed by atoms with Crippen LogP contribution >= 0.6 is 0 Å². The lowest BCUT2D eigenvalue weighted by molar-refractivity contribution is 0.158. The van der Waals surface area contributed by atoms with Crippen molar-refractivity contribution in [3.63, 3.8) is 0 Å². The summed E-state index contributed by atoms with van der Waals surface area (Å²) in [6.45, 7) is 3.32. The Morgan fingerprint density at radius 1 is 0.800 bits per heavy atom. The maximum Gasteiger partial charge on any atom is 0.0325 e. The molecule has 5 rings (SSSR count). The van der Waals surface area contributed by atoms with Crippen LogP contribution in [0.15, 0.2) is 84.9 Å². The molecule has 1 heterocycles. The van der Waals surface area contributed by atoms with E-state index in [-0.39, 0.29) is 0 Å². The van der Waals surface area contributed by atoms with Crippen molar-refractivity contribution in [1.29, 1.82) is 0 Å². The largest absolute Gasteiger partial charge is 0.306 e. The summed E-state index contributed by atoms with van der Waals surface area (Å²) in [5.41, 5.74) is 5.95. The van der Waals surface area contributed by atoms with E-state index < -0.39 is 0 Å². The van der Waals surface area contributed by atoms with Gasteiger partial charge in [-0.25, -0.2) is 0 Å². The van der Waals surface area contributed by atoms with Crippen molar-refractivity contribution in [2.75, 3.05) is 13.1 Å². The Bertz CT molecular complexity index is 937. The zero-order chi connectivity index (χ0) is 20.2. The van der Waals surface area contributed by atoms with Gasteiger partial charge in [0.25, 0.3) is 0 Å². The topological polar surface area (TPSA) is 15.3 Å². The summed E-state index contributed by atoms with van der Waals surface area (Å²) in [6.07, 6.45) is 4.97. The first-order valence-electron chi connectivity index (χ1n) is 11.5. The molecular formula is C28H32N2. The molecule has 0 aromatic heterocycles. The van der Waals surface area contributed by atoms with Crippen LogP contribution < -0.4 is 5.32 Å². The molecule has 1 N–H and O–H groups in total. The van der Waals surface area contributed by atoms with Gasteiger partial charge >= 0.3 is 0 Å². The van der Waals surface area contributed by atoms with Gasteiger partial charge in [0.15, 0.2) is 0 Å². The second-order valence-corrected chi connectivity index (χ2v) is 8.94. The minimum atomic E-state index is 0.492. The average Bonchev–Trinajstić information content (AvgIpc) is 2.81. The molecule has 0 spiro atoms. The molecule has 30 heavy (non-hydrogen) atoms. The highest BCUT2D eigenvalue weighted by Crippen LogP contribution is 2.34. The maximum absolute atomic E-state index is 4.12. The van der Waals surface area contributed by atoms with E-state index in [4.69, 9.17) is 0 Å². The predicted molar refractivity (Wildman–Crippen MR) is 125 cm³/mol. The Labute approximate surface area is 180 Å². The number of likely N-dealkylation sites (tertiary alicyclic amines) is 1. The summed E-state index contributed by atoms with van der Waals surface area (Å²) in [5.74, 6) is 0.526. The molecule has 1 aliphatic carbocycles. The molecule has 3 aromatic carbocycles. The van der Waals surface area contributed by atoms with Crippen LogP contribution in [-0.4, -0.2) is 24.0 Å². The number of rotatable bonds is 5. The number of aryl methyl sites for hydroxylation is 1. The fraction of sp³-hybridized carbons (Fsp3) is 0.357. The first-order chi connectivity index (χ1) is 14.9. The summed E-state index contributed by atoms with van der Waals surface area (Å²) in [6, 6.07) is 32.1. The van der Waals surface area contributed by atoms with Gasteiger partial charge in [0.05, 0.1) is 0 Å². The minimum Gasteiger partial charge on any atom is -0.306 e. The molecule has 2 aliphatic rings. The second kappa shape index (κ2) is 9.16. The standard InChI is InChI=1S/C28H32N2/c1-3-10-22(11-4-1)20-30-19-18-28(26(21-30)24-12-5-2-6-13-24)29-27-17-9-15-23-14-7-8-16-25(23)27/h1-8,10-14,16,26-29H,9,15,17-21H2/t26-,27-,28-/m0/s1. The molecule has 0 bridgehead atoms. The molecule has 2 nitrogen and oxygen atoms in total. The molecular weight excluding hydrogens is 364 g/mol. The molecule has 0 saturated carbocycles. The molecule has 0 unspecified atom stereocenters. The number of piperidine rings is 1. The number of benzene rings is 3. The average molecular weight is 397 g/mol. The van der Waals surface area contributed by atoms with Crippen molar-refractivity contribution in [3.05, 3.63) is 107 Å². The van der Waals surface area contributed by atoms with Crippen molar-refractivity contribution in [3.8, 4) is 0 Å². The lowest BCUT2D eigenvalue weighted by Gasteiger charge is -2.42. The third-order valence-electron chi connectivity index (χ3n) is 6.96. The van der Waals surface area contributed by atoms with Gasteiger partial charge in [-0.15, -0.1) is 0 Å². The molecule has 154 valence electrons. The Balaban J connectivity index is 1.35. The SMILES string of the molecule is c1ccc(CN2CC[C@H](N[C@H]3CCCc4ccccc43)[C@H](c3ccccc3)C2)cc1. The van der Waals surface area contributed by atoms with Crippen LogP contribution in [0.4, 0.5) is 0 Å². The Morgan fingerprint density at radius 3 is 2.37 bits per heavy atom. The van der Waals surface area contributed by atoms with Gasteiger partial charge in [0, 0.05) is 37.6 Å². The molecule has 1 saturated heterocycles. The van der Waals surface area contributed by atoms with E-state index >= 15 is 0 Å². The number of fused-ring (bicyclic) bond motifs is 1. The third kappa shape index (κ3) is 4.35. The molecule has 3 atom stereocenters. The Kier molecular flexibility index (Phi) is 5.96. The summed E-state index contributed by atoms with van der Waals surface area (Å²) >= 11 is 0. The van der Waals surface area contributed by atoms with Gasteiger partial charge in [-0.3, -0.25) is 4.90 Å². The van der Waals surface area contributed by atoms with Crippen molar-refractivity contribution in [1.82, 2.24) is 10.2 Å². The number of nitrogens with zero attached hydrogens (tertiary/aromatic N) is 1. The molecule has 2 heteroatoms. The van der Waals surface area contributed by atoms with Crippen LogP contribution in [0.2, 0.25) is 0 Å². The van der Waals surface area contributed by atoms with Crippen molar-refractivity contribution in [2.24, 2.45) is 0 Å². The van der Waals surface area contributed by atoms with E-state index in [1.807, 2.05) is 0 Å². The lowest BCUT2D eigenvalue weighted by atomic mass is 9.82. The van der Waals surface area contributed by atoms with Crippen LogP contribution in [0.1, 0.15) is 53.5 Å². The number of nitrogens with one attached hydrogen (secondary N) is 1.